The number of carbonyl (C=O) groups is 2. The van der Waals surface area contributed by atoms with Gasteiger partial charge in [0.25, 0.3) is 0 Å². The Hall–Kier alpha value is -2.09. The van der Waals surface area contributed by atoms with E-state index in [4.69, 9.17) is 4.74 Å². The molecule has 0 spiro atoms. The number of amides is 2. The summed E-state index contributed by atoms with van der Waals surface area (Å²) in [5, 5.41) is 16.8. The molecule has 0 bridgehead atoms. The minimum atomic E-state index is -0.864. The van der Waals surface area contributed by atoms with Crippen LogP contribution in [0.3, 0.4) is 0 Å². The molecule has 4 atom stereocenters. The molecule has 2 aliphatic rings. The molecule has 1 aromatic heterocycles. The van der Waals surface area contributed by atoms with E-state index < -0.39 is 11.9 Å². The van der Waals surface area contributed by atoms with Crippen LogP contribution in [0.2, 0.25) is 0 Å². The van der Waals surface area contributed by atoms with E-state index in [1.54, 1.807) is 22.9 Å². The molecule has 4 unspecified atom stereocenters. The highest BCUT2D eigenvalue weighted by molar-refractivity contribution is 5.77. The van der Waals surface area contributed by atoms with Crippen LogP contribution in [-0.2, 0) is 16.6 Å². The summed E-state index contributed by atoms with van der Waals surface area (Å²) < 4.78 is 7.32. The maximum absolute atomic E-state index is 12.9. The zero-order valence-corrected chi connectivity index (χ0v) is 16.7. The van der Waals surface area contributed by atoms with Crippen molar-refractivity contribution < 1.29 is 19.4 Å². The molecule has 150 valence electrons. The van der Waals surface area contributed by atoms with E-state index in [0.717, 1.165) is 12.0 Å². The summed E-state index contributed by atoms with van der Waals surface area (Å²) in [6, 6.07) is -0.205. The van der Waals surface area contributed by atoms with Crippen molar-refractivity contribution in [3.63, 3.8) is 0 Å². The lowest BCUT2D eigenvalue weighted by atomic mass is 9.56. The van der Waals surface area contributed by atoms with Crippen molar-refractivity contribution in [2.45, 2.75) is 51.2 Å². The third kappa shape index (κ3) is 3.42. The van der Waals surface area contributed by atoms with E-state index in [0.29, 0.717) is 13.0 Å². The van der Waals surface area contributed by atoms with Gasteiger partial charge in [0.05, 0.1) is 17.7 Å². The Morgan fingerprint density at radius 3 is 2.56 bits per heavy atom. The number of aliphatic carboxylic acids is 1. The molecule has 2 heterocycles. The SMILES string of the molecule is COC1(C)CC(NC(=O)N2CC(C(=O)O)CC(c3cnn(C)c3)C2)C1(C)C. The Morgan fingerprint density at radius 2 is 2.04 bits per heavy atom. The van der Waals surface area contributed by atoms with Crippen LogP contribution in [0.25, 0.3) is 0 Å². The van der Waals surface area contributed by atoms with Gasteiger partial charge in [0, 0.05) is 50.8 Å². The van der Waals surface area contributed by atoms with Crippen LogP contribution in [0.4, 0.5) is 4.79 Å². The summed E-state index contributed by atoms with van der Waals surface area (Å²) in [6.07, 6.45) is 4.90. The molecule has 1 aliphatic heterocycles. The van der Waals surface area contributed by atoms with Gasteiger partial charge in [0.2, 0.25) is 0 Å². The number of hydrogen-bond acceptors (Lipinski definition) is 4. The van der Waals surface area contributed by atoms with Crippen LogP contribution in [0.5, 0.6) is 0 Å². The fraction of sp³-hybridized carbons (Fsp3) is 0.737. The molecule has 0 radical (unpaired) electrons. The number of piperidine rings is 1. The first kappa shape index (κ1) is 19.7. The highest BCUT2D eigenvalue weighted by Crippen LogP contribution is 2.51. The second-order valence-corrected chi connectivity index (χ2v) is 8.68. The van der Waals surface area contributed by atoms with Gasteiger partial charge in [-0.25, -0.2) is 4.79 Å². The summed E-state index contributed by atoms with van der Waals surface area (Å²) in [6.45, 7) is 6.94. The van der Waals surface area contributed by atoms with Crippen molar-refractivity contribution >= 4 is 12.0 Å². The van der Waals surface area contributed by atoms with Gasteiger partial charge < -0.3 is 20.1 Å². The normalized spacial score (nSPS) is 32.6. The van der Waals surface area contributed by atoms with Crippen molar-refractivity contribution in [2.24, 2.45) is 18.4 Å². The van der Waals surface area contributed by atoms with Gasteiger partial charge in [0.1, 0.15) is 0 Å². The quantitative estimate of drug-likeness (QED) is 0.833. The molecular formula is C19H30N4O4. The number of hydrogen-bond donors (Lipinski definition) is 2. The third-order valence-corrected chi connectivity index (χ3v) is 6.86. The number of aryl methyl sites for hydroxylation is 1. The van der Waals surface area contributed by atoms with E-state index in [1.807, 2.05) is 13.2 Å². The van der Waals surface area contributed by atoms with Crippen molar-refractivity contribution in [3.8, 4) is 0 Å². The lowest BCUT2D eigenvalue weighted by Gasteiger charge is -2.59. The minimum Gasteiger partial charge on any atom is -0.481 e. The summed E-state index contributed by atoms with van der Waals surface area (Å²) in [5.74, 6) is -1.47. The number of carboxylic acids is 1. The fourth-order valence-corrected chi connectivity index (χ4v) is 4.30. The Bertz CT molecular complexity index is 731. The van der Waals surface area contributed by atoms with Gasteiger partial charge in [-0.15, -0.1) is 0 Å². The van der Waals surface area contributed by atoms with Gasteiger partial charge in [0.15, 0.2) is 0 Å². The predicted octanol–water partition coefficient (Wildman–Crippen LogP) is 1.82. The molecular weight excluding hydrogens is 348 g/mol. The molecule has 8 nitrogen and oxygen atoms in total. The first-order chi connectivity index (χ1) is 12.6. The second kappa shape index (κ2) is 6.82. The summed E-state index contributed by atoms with van der Waals surface area (Å²) in [7, 11) is 3.53. The third-order valence-electron chi connectivity index (χ3n) is 6.86. The Kier molecular flexibility index (Phi) is 4.96. The first-order valence-electron chi connectivity index (χ1n) is 9.39. The van der Waals surface area contributed by atoms with Crippen molar-refractivity contribution in [1.82, 2.24) is 20.0 Å². The van der Waals surface area contributed by atoms with E-state index in [1.165, 1.54) is 0 Å². The van der Waals surface area contributed by atoms with Crippen LogP contribution in [0, 0.1) is 11.3 Å². The molecule has 2 amide bonds. The summed E-state index contributed by atoms with van der Waals surface area (Å²) >= 11 is 0. The predicted molar refractivity (Wildman–Crippen MR) is 99.4 cm³/mol. The lowest BCUT2D eigenvalue weighted by Crippen LogP contribution is -2.69. The summed E-state index contributed by atoms with van der Waals surface area (Å²) in [4.78, 5) is 26.2. The number of likely N-dealkylation sites (tertiary alicyclic amines) is 1. The maximum Gasteiger partial charge on any atom is 0.317 e. The van der Waals surface area contributed by atoms with E-state index in [2.05, 4.69) is 31.2 Å². The van der Waals surface area contributed by atoms with Crippen LogP contribution in [0.15, 0.2) is 12.4 Å². The van der Waals surface area contributed by atoms with Gasteiger partial charge in [-0.1, -0.05) is 13.8 Å². The Morgan fingerprint density at radius 1 is 1.33 bits per heavy atom. The second-order valence-electron chi connectivity index (χ2n) is 8.68. The number of carbonyl (C=O) groups excluding carboxylic acids is 1. The summed E-state index contributed by atoms with van der Waals surface area (Å²) in [5.41, 5.74) is 0.508. The van der Waals surface area contributed by atoms with Crippen molar-refractivity contribution in [1.29, 1.82) is 0 Å². The molecule has 1 saturated heterocycles. The van der Waals surface area contributed by atoms with Crippen LogP contribution >= 0.6 is 0 Å². The van der Waals surface area contributed by atoms with E-state index >= 15 is 0 Å². The molecule has 1 aliphatic carbocycles. The number of urea groups is 1. The monoisotopic (exact) mass is 378 g/mol. The lowest BCUT2D eigenvalue weighted by molar-refractivity contribution is -0.177. The number of ether oxygens (including phenoxy) is 1. The Balaban J connectivity index is 1.71. The molecule has 0 aromatic carbocycles. The highest BCUT2D eigenvalue weighted by atomic mass is 16.5. The molecule has 1 aromatic rings. The fourth-order valence-electron chi connectivity index (χ4n) is 4.30. The smallest absolute Gasteiger partial charge is 0.317 e. The van der Waals surface area contributed by atoms with Crippen molar-refractivity contribution in [3.05, 3.63) is 18.0 Å². The number of rotatable bonds is 4. The van der Waals surface area contributed by atoms with Gasteiger partial charge in [-0.2, -0.15) is 5.10 Å². The topological polar surface area (TPSA) is 96.7 Å². The standard InChI is InChI=1S/C19H30N4O4/c1-18(2)15(7-19(18,3)27-5)21-17(26)23-10-12(6-13(11-23)16(24)25)14-8-20-22(4)9-14/h8-9,12-13,15H,6-7,10-11H2,1-5H3,(H,21,26)(H,24,25). The number of nitrogens with zero attached hydrogens (tertiary/aromatic N) is 3. The van der Waals surface area contributed by atoms with Gasteiger partial charge in [-0.05, 0) is 25.3 Å². The zero-order chi connectivity index (χ0) is 20.0. The number of carboxylic acid groups (broad SMARTS) is 1. The molecule has 1 saturated carbocycles. The number of aromatic nitrogens is 2. The first-order valence-corrected chi connectivity index (χ1v) is 9.39. The van der Waals surface area contributed by atoms with Gasteiger partial charge in [-0.3, -0.25) is 9.48 Å². The average molecular weight is 378 g/mol. The number of nitrogens with one attached hydrogen (secondary N) is 1. The molecule has 2 fully saturated rings. The Labute approximate surface area is 159 Å². The molecule has 2 N–H and O–H groups in total. The van der Waals surface area contributed by atoms with E-state index in [-0.39, 0.29) is 35.6 Å². The van der Waals surface area contributed by atoms with Crippen LogP contribution in [-0.4, -0.2) is 63.6 Å². The molecule has 3 rings (SSSR count). The van der Waals surface area contributed by atoms with E-state index in [9.17, 15) is 14.7 Å². The maximum atomic E-state index is 12.9. The van der Waals surface area contributed by atoms with Crippen molar-refractivity contribution in [2.75, 3.05) is 20.2 Å². The van der Waals surface area contributed by atoms with Crippen LogP contribution < -0.4 is 5.32 Å². The number of methoxy groups -OCH3 is 1. The molecule has 27 heavy (non-hydrogen) atoms. The van der Waals surface area contributed by atoms with Crippen LogP contribution in [0.1, 0.15) is 45.1 Å². The minimum absolute atomic E-state index is 0.00278. The highest BCUT2D eigenvalue weighted by Gasteiger charge is 2.58. The van der Waals surface area contributed by atoms with Gasteiger partial charge >= 0.3 is 12.0 Å². The zero-order valence-electron chi connectivity index (χ0n) is 16.7. The largest absolute Gasteiger partial charge is 0.481 e. The molecule has 8 heteroatoms. The average Bonchev–Trinajstić information content (AvgIpc) is 3.07.